The zero-order chi connectivity index (χ0) is 23.1. The molecule has 0 saturated carbocycles. The van der Waals surface area contributed by atoms with Crippen molar-refractivity contribution in [2.24, 2.45) is 0 Å². The summed E-state index contributed by atoms with van der Waals surface area (Å²) in [6, 6.07) is 13.5. The first-order valence-corrected chi connectivity index (χ1v) is 10.9. The molecule has 0 spiro atoms. The summed E-state index contributed by atoms with van der Waals surface area (Å²) in [5.74, 6) is -0.364. The van der Waals surface area contributed by atoms with Crippen LogP contribution in [0.1, 0.15) is 16.8 Å². The first-order chi connectivity index (χ1) is 15.3. The molecule has 32 heavy (non-hydrogen) atoms. The average molecular weight is 456 g/mol. The van der Waals surface area contributed by atoms with Gasteiger partial charge in [0, 0.05) is 38.8 Å². The minimum Gasteiger partial charge on any atom is -0.378 e. The van der Waals surface area contributed by atoms with Crippen LogP contribution in [0.15, 0.2) is 53.9 Å². The van der Waals surface area contributed by atoms with Gasteiger partial charge in [-0.1, -0.05) is 24.3 Å². The van der Waals surface area contributed by atoms with Gasteiger partial charge in [0.1, 0.15) is 5.82 Å². The number of rotatable bonds is 8. The number of likely N-dealkylation sites (N-methyl/N-ethyl adjacent to an activating group) is 1. The number of amides is 3. The number of urea groups is 1. The number of nitrogens with zero attached hydrogens (tertiary/aromatic N) is 3. The Morgan fingerprint density at radius 3 is 2.50 bits per heavy atom. The second kappa shape index (κ2) is 10.7. The van der Waals surface area contributed by atoms with Crippen LogP contribution in [0.3, 0.4) is 0 Å². The predicted molar refractivity (Wildman–Crippen MR) is 125 cm³/mol. The SMILES string of the molecule is CN(Cc1csc(NC(=O)NCc2cccc(F)c2)n1)C(=O)Cc1ccc(N(C)C)cc1. The second-order valence-electron chi connectivity index (χ2n) is 7.57. The van der Waals surface area contributed by atoms with Gasteiger partial charge in [-0.15, -0.1) is 11.3 Å². The largest absolute Gasteiger partial charge is 0.378 e. The van der Waals surface area contributed by atoms with Gasteiger partial charge in [-0.25, -0.2) is 14.2 Å². The van der Waals surface area contributed by atoms with E-state index in [1.807, 2.05) is 43.3 Å². The van der Waals surface area contributed by atoms with Crippen molar-refractivity contribution < 1.29 is 14.0 Å². The van der Waals surface area contributed by atoms with Gasteiger partial charge >= 0.3 is 6.03 Å². The summed E-state index contributed by atoms with van der Waals surface area (Å²) < 4.78 is 13.2. The van der Waals surface area contributed by atoms with Gasteiger partial charge in [0.15, 0.2) is 5.13 Å². The number of anilines is 2. The fraction of sp³-hybridized carbons (Fsp3) is 0.261. The zero-order valence-electron chi connectivity index (χ0n) is 18.3. The highest BCUT2D eigenvalue weighted by molar-refractivity contribution is 7.13. The van der Waals surface area contributed by atoms with Crippen molar-refractivity contribution >= 4 is 34.1 Å². The van der Waals surface area contributed by atoms with E-state index in [9.17, 15) is 14.0 Å². The van der Waals surface area contributed by atoms with Crippen LogP contribution in [0.2, 0.25) is 0 Å². The summed E-state index contributed by atoms with van der Waals surface area (Å²) in [6.07, 6.45) is 0.307. The third-order valence-corrected chi connectivity index (χ3v) is 5.55. The van der Waals surface area contributed by atoms with Crippen molar-refractivity contribution in [3.8, 4) is 0 Å². The molecule has 0 fully saturated rings. The summed E-state index contributed by atoms with van der Waals surface area (Å²) in [5.41, 5.74) is 3.38. The Balaban J connectivity index is 1.47. The number of aromatic nitrogens is 1. The van der Waals surface area contributed by atoms with Gasteiger partial charge in [-0.3, -0.25) is 10.1 Å². The topological polar surface area (TPSA) is 77.6 Å². The molecule has 0 bridgehead atoms. The van der Waals surface area contributed by atoms with Crippen molar-refractivity contribution in [3.63, 3.8) is 0 Å². The van der Waals surface area contributed by atoms with Crippen molar-refractivity contribution in [1.82, 2.24) is 15.2 Å². The lowest BCUT2D eigenvalue weighted by Gasteiger charge is -2.17. The lowest BCUT2D eigenvalue weighted by atomic mass is 10.1. The van der Waals surface area contributed by atoms with Crippen LogP contribution in [0.5, 0.6) is 0 Å². The van der Waals surface area contributed by atoms with Gasteiger partial charge < -0.3 is 15.1 Å². The Labute approximate surface area is 190 Å². The average Bonchev–Trinajstić information content (AvgIpc) is 3.19. The van der Waals surface area contributed by atoms with E-state index in [0.29, 0.717) is 29.4 Å². The van der Waals surface area contributed by atoms with E-state index in [2.05, 4.69) is 15.6 Å². The van der Waals surface area contributed by atoms with E-state index in [1.165, 1.54) is 23.5 Å². The molecule has 0 atom stereocenters. The molecule has 3 amide bonds. The maximum absolute atomic E-state index is 13.2. The van der Waals surface area contributed by atoms with Crippen molar-refractivity contribution in [2.45, 2.75) is 19.5 Å². The highest BCUT2D eigenvalue weighted by Gasteiger charge is 2.13. The molecule has 0 aliphatic heterocycles. The summed E-state index contributed by atoms with van der Waals surface area (Å²) in [6.45, 7) is 0.548. The van der Waals surface area contributed by atoms with Crippen LogP contribution in [0, 0.1) is 5.82 Å². The normalized spacial score (nSPS) is 10.5. The molecule has 0 unspecified atom stereocenters. The number of carbonyl (C=O) groups is 2. The van der Waals surface area contributed by atoms with Gasteiger partial charge in [0.2, 0.25) is 5.91 Å². The van der Waals surface area contributed by atoms with Crippen LogP contribution in [-0.2, 0) is 24.3 Å². The monoisotopic (exact) mass is 455 g/mol. The molecule has 1 heterocycles. The lowest BCUT2D eigenvalue weighted by Crippen LogP contribution is -2.28. The Hall–Kier alpha value is -3.46. The first kappa shape index (κ1) is 23.2. The minimum absolute atomic E-state index is 0.0158. The Bertz CT molecular complexity index is 1070. The molecular weight excluding hydrogens is 429 g/mol. The maximum atomic E-state index is 13.2. The number of thiazole rings is 1. The third kappa shape index (κ3) is 6.78. The zero-order valence-corrected chi connectivity index (χ0v) is 19.1. The third-order valence-electron chi connectivity index (χ3n) is 4.75. The van der Waals surface area contributed by atoms with Gasteiger partial charge in [0.25, 0.3) is 0 Å². The van der Waals surface area contributed by atoms with Crippen LogP contribution < -0.4 is 15.5 Å². The van der Waals surface area contributed by atoms with E-state index < -0.39 is 6.03 Å². The molecule has 7 nitrogen and oxygen atoms in total. The van der Waals surface area contributed by atoms with Crippen molar-refractivity contribution in [2.75, 3.05) is 31.4 Å². The number of halogens is 1. The number of benzene rings is 2. The molecule has 2 aromatic carbocycles. The number of carbonyl (C=O) groups excluding carboxylic acids is 2. The molecule has 168 valence electrons. The quantitative estimate of drug-likeness (QED) is 0.541. The van der Waals surface area contributed by atoms with Crippen molar-refractivity contribution in [3.05, 3.63) is 76.5 Å². The summed E-state index contributed by atoms with van der Waals surface area (Å²) >= 11 is 1.28. The molecule has 2 N–H and O–H groups in total. The standard InChI is InChI=1S/C23H26FN5O2S/c1-28(2)20-9-7-16(8-10-20)12-21(30)29(3)14-19-15-32-23(26-19)27-22(31)25-13-17-5-4-6-18(24)11-17/h4-11,15H,12-14H2,1-3H3,(H2,25,26,27,31). The highest BCUT2D eigenvalue weighted by Crippen LogP contribution is 2.17. The molecule has 0 radical (unpaired) electrons. The molecule has 3 aromatic rings. The smallest absolute Gasteiger partial charge is 0.321 e. The number of hydrogen-bond acceptors (Lipinski definition) is 5. The summed E-state index contributed by atoms with van der Waals surface area (Å²) in [5, 5.41) is 7.55. The molecule has 0 saturated heterocycles. The second-order valence-corrected chi connectivity index (χ2v) is 8.43. The minimum atomic E-state index is -0.430. The van der Waals surface area contributed by atoms with Gasteiger partial charge in [0.05, 0.1) is 18.7 Å². The van der Waals surface area contributed by atoms with E-state index in [0.717, 1.165) is 11.3 Å². The number of nitrogens with one attached hydrogen (secondary N) is 2. The summed E-state index contributed by atoms with van der Waals surface area (Å²) in [7, 11) is 5.67. The van der Waals surface area contributed by atoms with Crippen molar-refractivity contribution in [1.29, 1.82) is 0 Å². The van der Waals surface area contributed by atoms with Crippen LogP contribution >= 0.6 is 11.3 Å². The molecule has 0 aliphatic rings. The van der Waals surface area contributed by atoms with E-state index >= 15 is 0 Å². The van der Waals surface area contributed by atoms with E-state index in [1.54, 1.807) is 29.5 Å². The fourth-order valence-electron chi connectivity index (χ4n) is 2.96. The molecule has 9 heteroatoms. The Kier molecular flexibility index (Phi) is 7.77. The van der Waals surface area contributed by atoms with Gasteiger partial charge in [-0.05, 0) is 35.4 Å². The lowest BCUT2D eigenvalue weighted by molar-refractivity contribution is -0.129. The first-order valence-electron chi connectivity index (χ1n) is 10.0. The predicted octanol–water partition coefficient (Wildman–Crippen LogP) is 3.87. The molecule has 0 aliphatic carbocycles. The number of hydrogen-bond donors (Lipinski definition) is 2. The van der Waals surface area contributed by atoms with Gasteiger partial charge in [-0.2, -0.15) is 0 Å². The summed E-state index contributed by atoms with van der Waals surface area (Å²) in [4.78, 5) is 32.6. The van der Waals surface area contributed by atoms with Crippen LogP contribution in [0.25, 0.3) is 0 Å². The molecular formula is C23H26FN5O2S. The van der Waals surface area contributed by atoms with Crippen LogP contribution in [0.4, 0.5) is 20.0 Å². The van der Waals surface area contributed by atoms with E-state index in [4.69, 9.17) is 0 Å². The fourth-order valence-corrected chi connectivity index (χ4v) is 3.66. The molecule has 1 aromatic heterocycles. The molecule has 3 rings (SSSR count). The Morgan fingerprint density at radius 2 is 1.81 bits per heavy atom. The van der Waals surface area contributed by atoms with Crippen LogP contribution in [-0.4, -0.2) is 43.0 Å². The maximum Gasteiger partial charge on any atom is 0.321 e. The highest BCUT2D eigenvalue weighted by atomic mass is 32.1. The Morgan fingerprint density at radius 1 is 1.06 bits per heavy atom. The van der Waals surface area contributed by atoms with E-state index in [-0.39, 0.29) is 18.3 Å².